The maximum atomic E-state index is 11.9. The van der Waals surface area contributed by atoms with Crippen molar-refractivity contribution in [3.63, 3.8) is 0 Å². The topological polar surface area (TPSA) is 54.0 Å². The first-order valence-corrected chi connectivity index (χ1v) is 6.78. The van der Waals surface area contributed by atoms with Crippen molar-refractivity contribution in [2.75, 3.05) is 13.1 Å². The fourth-order valence-electron chi connectivity index (χ4n) is 1.55. The molecule has 0 aliphatic carbocycles. The highest BCUT2D eigenvalue weighted by atomic mass is 32.1. The van der Waals surface area contributed by atoms with Crippen LogP contribution >= 0.6 is 11.3 Å². The fraction of sp³-hybridized carbons (Fsp3) is 0.667. The van der Waals surface area contributed by atoms with Gasteiger partial charge in [0.15, 0.2) is 0 Å². The molecule has 0 saturated carbocycles. The van der Waals surface area contributed by atoms with Crippen LogP contribution in [-0.2, 0) is 4.79 Å². The normalized spacial score (nSPS) is 13.4. The van der Waals surface area contributed by atoms with Gasteiger partial charge in [0.25, 0.3) is 0 Å². The van der Waals surface area contributed by atoms with E-state index in [9.17, 15) is 4.79 Å². The first kappa shape index (κ1) is 14.1. The maximum absolute atomic E-state index is 11.9. The second-order valence-electron chi connectivity index (χ2n) is 4.64. The summed E-state index contributed by atoms with van der Waals surface area (Å²) in [4.78, 5) is 16.2. The van der Waals surface area contributed by atoms with Crippen LogP contribution in [0.25, 0.3) is 0 Å². The molecular weight excluding hydrogens is 234 g/mol. The van der Waals surface area contributed by atoms with Crippen LogP contribution in [-0.4, -0.2) is 29.5 Å². The van der Waals surface area contributed by atoms with Gasteiger partial charge >= 0.3 is 0 Å². The molecule has 0 aliphatic rings. The van der Waals surface area contributed by atoms with E-state index in [1.807, 2.05) is 26.2 Å². The van der Waals surface area contributed by atoms with Crippen LogP contribution in [0.15, 0.2) is 11.6 Å². The van der Waals surface area contributed by atoms with Crippen LogP contribution < -0.4 is 10.6 Å². The highest BCUT2D eigenvalue weighted by Gasteiger charge is 2.26. The predicted octanol–water partition coefficient (Wildman–Crippen LogP) is 1.75. The second-order valence-corrected chi connectivity index (χ2v) is 5.56. The number of carbonyl (C=O) groups excluding carboxylic acids is 1. The molecule has 17 heavy (non-hydrogen) atoms. The van der Waals surface area contributed by atoms with Gasteiger partial charge in [-0.1, -0.05) is 13.8 Å². The van der Waals surface area contributed by atoms with Crippen LogP contribution in [0.2, 0.25) is 0 Å². The third-order valence-corrected chi connectivity index (χ3v) is 3.64. The average molecular weight is 255 g/mol. The lowest BCUT2D eigenvalue weighted by atomic mass is 10.0. The highest BCUT2D eigenvalue weighted by molar-refractivity contribution is 7.09. The molecule has 0 bridgehead atoms. The molecular formula is C12H21N3OS. The van der Waals surface area contributed by atoms with E-state index in [4.69, 9.17) is 0 Å². The van der Waals surface area contributed by atoms with E-state index in [0.29, 0.717) is 6.54 Å². The summed E-state index contributed by atoms with van der Waals surface area (Å²) in [6.07, 6.45) is 1.79. The number of hydrogen-bond donors (Lipinski definition) is 2. The number of likely N-dealkylation sites (N-methyl/N-ethyl adjacent to an activating group) is 1. The molecule has 1 amide bonds. The van der Waals surface area contributed by atoms with Gasteiger partial charge in [0.2, 0.25) is 5.91 Å². The molecule has 1 unspecified atom stereocenters. The lowest BCUT2D eigenvalue weighted by Gasteiger charge is -2.25. The van der Waals surface area contributed by atoms with E-state index in [-0.39, 0.29) is 11.8 Å². The lowest BCUT2D eigenvalue weighted by molar-refractivity contribution is -0.126. The number of hydrogen-bond acceptors (Lipinski definition) is 4. The molecule has 0 fully saturated rings. The quantitative estimate of drug-likeness (QED) is 0.814. The number of aromatic nitrogens is 1. The standard InChI is InChI=1S/C12H21N3OS/c1-5-15-12(3,4)11(16)14-8-9(2)10-13-6-7-17-10/h6-7,9,15H,5,8H2,1-4H3,(H,14,16). The van der Waals surface area contributed by atoms with E-state index in [1.54, 1.807) is 17.5 Å². The van der Waals surface area contributed by atoms with Crippen LogP contribution in [0.3, 0.4) is 0 Å². The molecule has 0 radical (unpaired) electrons. The smallest absolute Gasteiger partial charge is 0.239 e. The van der Waals surface area contributed by atoms with Crippen molar-refractivity contribution in [2.45, 2.75) is 39.2 Å². The molecule has 1 rings (SSSR count). The first-order chi connectivity index (χ1) is 7.97. The van der Waals surface area contributed by atoms with Crippen molar-refractivity contribution in [2.24, 2.45) is 0 Å². The van der Waals surface area contributed by atoms with Gasteiger partial charge in [0.1, 0.15) is 0 Å². The minimum absolute atomic E-state index is 0.0303. The van der Waals surface area contributed by atoms with Gasteiger partial charge in [-0.25, -0.2) is 4.98 Å². The molecule has 1 aromatic rings. The molecule has 0 spiro atoms. The van der Waals surface area contributed by atoms with E-state index < -0.39 is 5.54 Å². The van der Waals surface area contributed by atoms with Gasteiger partial charge in [-0.2, -0.15) is 0 Å². The van der Waals surface area contributed by atoms with Gasteiger partial charge in [-0.15, -0.1) is 11.3 Å². The van der Waals surface area contributed by atoms with Gasteiger partial charge in [0, 0.05) is 24.0 Å². The van der Waals surface area contributed by atoms with Gasteiger partial charge in [0.05, 0.1) is 10.5 Å². The summed E-state index contributed by atoms with van der Waals surface area (Å²) < 4.78 is 0. The second kappa shape index (κ2) is 6.12. The summed E-state index contributed by atoms with van der Waals surface area (Å²) in [6.45, 7) is 9.25. The molecule has 1 atom stereocenters. The Labute approximate surface area is 107 Å². The molecule has 96 valence electrons. The third kappa shape index (κ3) is 4.09. The fourth-order valence-corrected chi connectivity index (χ4v) is 2.25. The van der Waals surface area contributed by atoms with Crippen LogP contribution in [0, 0.1) is 0 Å². The van der Waals surface area contributed by atoms with Gasteiger partial charge < -0.3 is 10.6 Å². The van der Waals surface area contributed by atoms with E-state index in [0.717, 1.165) is 11.6 Å². The molecule has 0 saturated heterocycles. The lowest BCUT2D eigenvalue weighted by Crippen LogP contribution is -2.53. The van der Waals surface area contributed by atoms with E-state index >= 15 is 0 Å². The summed E-state index contributed by atoms with van der Waals surface area (Å²) in [6, 6.07) is 0. The number of nitrogens with one attached hydrogen (secondary N) is 2. The zero-order valence-electron chi connectivity index (χ0n) is 10.9. The molecule has 5 heteroatoms. The largest absolute Gasteiger partial charge is 0.354 e. The van der Waals surface area contributed by atoms with E-state index in [2.05, 4.69) is 22.5 Å². The summed E-state index contributed by atoms with van der Waals surface area (Å²) in [5, 5.41) is 9.13. The summed E-state index contributed by atoms with van der Waals surface area (Å²) >= 11 is 1.62. The Kier molecular flexibility index (Phi) is 5.08. The highest BCUT2D eigenvalue weighted by Crippen LogP contribution is 2.16. The Bertz CT molecular complexity index is 349. The Morgan fingerprint density at radius 3 is 2.82 bits per heavy atom. The Morgan fingerprint density at radius 1 is 1.59 bits per heavy atom. The van der Waals surface area contributed by atoms with Crippen LogP contribution in [0.5, 0.6) is 0 Å². The number of thiazole rings is 1. The number of rotatable bonds is 6. The minimum atomic E-state index is -0.517. The van der Waals surface area contributed by atoms with E-state index in [1.165, 1.54) is 0 Å². The van der Waals surface area contributed by atoms with Crippen molar-refractivity contribution < 1.29 is 4.79 Å². The SMILES string of the molecule is CCNC(C)(C)C(=O)NCC(C)c1nccs1. The summed E-state index contributed by atoms with van der Waals surface area (Å²) in [5.41, 5.74) is -0.517. The zero-order valence-corrected chi connectivity index (χ0v) is 11.7. The van der Waals surface area contributed by atoms with Crippen molar-refractivity contribution in [3.05, 3.63) is 16.6 Å². The van der Waals surface area contributed by atoms with Crippen molar-refractivity contribution in [3.8, 4) is 0 Å². The zero-order chi connectivity index (χ0) is 12.9. The minimum Gasteiger partial charge on any atom is -0.354 e. The Hall–Kier alpha value is -0.940. The number of amides is 1. The summed E-state index contributed by atoms with van der Waals surface area (Å²) in [7, 11) is 0. The number of carbonyl (C=O) groups is 1. The molecule has 4 nitrogen and oxygen atoms in total. The summed E-state index contributed by atoms with van der Waals surface area (Å²) in [5.74, 6) is 0.291. The van der Waals surface area contributed by atoms with Crippen LogP contribution in [0.4, 0.5) is 0 Å². The molecule has 1 heterocycles. The third-order valence-electron chi connectivity index (χ3n) is 2.63. The number of nitrogens with zero attached hydrogens (tertiary/aromatic N) is 1. The molecule has 0 aromatic carbocycles. The predicted molar refractivity (Wildman–Crippen MR) is 71.3 cm³/mol. The Balaban J connectivity index is 2.43. The molecule has 2 N–H and O–H groups in total. The van der Waals surface area contributed by atoms with Crippen molar-refractivity contribution in [1.29, 1.82) is 0 Å². The van der Waals surface area contributed by atoms with Gasteiger partial charge in [-0.05, 0) is 20.4 Å². The molecule has 1 aromatic heterocycles. The average Bonchev–Trinajstić information content (AvgIpc) is 2.78. The first-order valence-electron chi connectivity index (χ1n) is 5.90. The van der Waals surface area contributed by atoms with Gasteiger partial charge in [-0.3, -0.25) is 4.79 Å². The van der Waals surface area contributed by atoms with Crippen LogP contribution in [0.1, 0.15) is 38.6 Å². The van der Waals surface area contributed by atoms with Crippen molar-refractivity contribution >= 4 is 17.2 Å². The molecule has 0 aliphatic heterocycles. The Morgan fingerprint density at radius 2 is 2.29 bits per heavy atom. The van der Waals surface area contributed by atoms with Crippen molar-refractivity contribution in [1.82, 2.24) is 15.6 Å². The monoisotopic (exact) mass is 255 g/mol. The maximum Gasteiger partial charge on any atom is 0.239 e.